The topological polar surface area (TPSA) is 21.3 Å². The standard InChI is InChI=1S/C15H16BrNO/c1-17-10-11-9-12(18-2)7-8-13(11)14-5-3-4-6-15(14)16/h3-9,17H,10H2,1-2H3. The molecule has 0 radical (unpaired) electrons. The first kappa shape index (κ1) is 13.1. The first-order valence-corrected chi connectivity index (χ1v) is 6.62. The Kier molecular flexibility index (Phi) is 4.39. The van der Waals surface area contributed by atoms with Crippen LogP contribution in [0.3, 0.4) is 0 Å². The summed E-state index contributed by atoms with van der Waals surface area (Å²) in [6.45, 7) is 0.813. The predicted molar refractivity (Wildman–Crippen MR) is 78.9 cm³/mol. The van der Waals surface area contributed by atoms with Crippen molar-refractivity contribution in [1.82, 2.24) is 5.32 Å². The number of ether oxygens (including phenoxy) is 1. The van der Waals surface area contributed by atoms with Gasteiger partial charge in [0, 0.05) is 11.0 Å². The van der Waals surface area contributed by atoms with E-state index in [-0.39, 0.29) is 0 Å². The van der Waals surface area contributed by atoms with Crippen LogP contribution in [0.1, 0.15) is 5.56 Å². The van der Waals surface area contributed by atoms with E-state index in [0.29, 0.717) is 0 Å². The predicted octanol–water partition coefficient (Wildman–Crippen LogP) is 3.84. The molecule has 0 unspecified atom stereocenters. The minimum Gasteiger partial charge on any atom is -0.497 e. The third kappa shape index (κ3) is 2.74. The summed E-state index contributed by atoms with van der Waals surface area (Å²) in [5.74, 6) is 0.885. The van der Waals surface area contributed by atoms with Crippen LogP contribution in [0, 0.1) is 0 Å². The Morgan fingerprint density at radius 3 is 2.56 bits per heavy atom. The Morgan fingerprint density at radius 1 is 1.11 bits per heavy atom. The van der Waals surface area contributed by atoms with E-state index in [9.17, 15) is 0 Å². The van der Waals surface area contributed by atoms with Crippen molar-refractivity contribution in [2.45, 2.75) is 6.54 Å². The summed E-state index contributed by atoms with van der Waals surface area (Å²) >= 11 is 3.60. The Balaban J connectivity index is 2.53. The number of hydrogen-bond donors (Lipinski definition) is 1. The van der Waals surface area contributed by atoms with Crippen molar-refractivity contribution in [2.75, 3.05) is 14.2 Å². The number of nitrogens with one attached hydrogen (secondary N) is 1. The first-order chi connectivity index (χ1) is 8.76. The molecule has 0 aromatic heterocycles. The summed E-state index contributed by atoms with van der Waals surface area (Å²) in [7, 11) is 3.64. The van der Waals surface area contributed by atoms with Crippen LogP contribution >= 0.6 is 15.9 Å². The Hall–Kier alpha value is -1.32. The zero-order valence-corrected chi connectivity index (χ0v) is 12.1. The molecule has 0 heterocycles. The smallest absolute Gasteiger partial charge is 0.119 e. The van der Waals surface area contributed by atoms with E-state index in [4.69, 9.17) is 4.74 Å². The Labute approximate surface area is 116 Å². The second kappa shape index (κ2) is 6.03. The van der Waals surface area contributed by atoms with Gasteiger partial charge in [-0.3, -0.25) is 0 Å². The number of rotatable bonds is 4. The molecule has 0 fully saturated rings. The van der Waals surface area contributed by atoms with Crippen LogP contribution in [-0.2, 0) is 6.54 Å². The van der Waals surface area contributed by atoms with Crippen LogP contribution in [-0.4, -0.2) is 14.2 Å². The van der Waals surface area contributed by atoms with Crippen molar-refractivity contribution >= 4 is 15.9 Å². The van der Waals surface area contributed by atoms with E-state index in [1.807, 2.05) is 25.2 Å². The molecule has 2 aromatic rings. The number of methoxy groups -OCH3 is 1. The molecule has 0 saturated carbocycles. The lowest BCUT2D eigenvalue weighted by atomic mass is 9.99. The third-order valence-electron chi connectivity index (χ3n) is 2.84. The van der Waals surface area contributed by atoms with E-state index in [1.54, 1.807) is 7.11 Å². The highest BCUT2D eigenvalue weighted by Crippen LogP contribution is 2.32. The molecule has 0 aliphatic rings. The molecule has 0 saturated heterocycles. The summed E-state index contributed by atoms with van der Waals surface area (Å²) in [6, 6.07) is 14.4. The lowest BCUT2D eigenvalue weighted by Crippen LogP contribution is -2.06. The van der Waals surface area contributed by atoms with Gasteiger partial charge in [0.1, 0.15) is 5.75 Å². The highest BCUT2D eigenvalue weighted by atomic mass is 79.9. The van der Waals surface area contributed by atoms with Crippen LogP contribution in [0.15, 0.2) is 46.9 Å². The van der Waals surface area contributed by atoms with Crippen molar-refractivity contribution in [1.29, 1.82) is 0 Å². The lowest BCUT2D eigenvalue weighted by Gasteiger charge is -2.12. The Morgan fingerprint density at radius 2 is 1.89 bits per heavy atom. The van der Waals surface area contributed by atoms with Gasteiger partial charge in [0.05, 0.1) is 7.11 Å². The van der Waals surface area contributed by atoms with E-state index < -0.39 is 0 Å². The highest BCUT2D eigenvalue weighted by molar-refractivity contribution is 9.10. The molecule has 18 heavy (non-hydrogen) atoms. The summed E-state index contributed by atoms with van der Waals surface area (Å²) < 4.78 is 6.39. The largest absolute Gasteiger partial charge is 0.497 e. The van der Waals surface area contributed by atoms with Crippen LogP contribution in [0.5, 0.6) is 5.75 Å². The van der Waals surface area contributed by atoms with Crippen molar-refractivity contribution in [3.8, 4) is 16.9 Å². The average Bonchev–Trinajstić information content (AvgIpc) is 2.40. The second-order valence-electron chi connectivity index (χ2n) is 4.03. The summed E-state index contributed by atoms with van der Waals surface area (Å²) in [5.41, 5.74) is 3.65. The fourth-order valence-corrected chi connectivity index (χ4v) is 2.47. The molecule has 0 aliphatic carbocycles. The van der Waals surface area contributed by atoms with E-state index in [1.165, 1.54) is 16.7 Å². The molecule has 2 aromatic carbocycles. The van der Waals surface area contributed by atoms with Gasteiger partial charge in [-0.05, 0) is 41.9 Å². The molecule has 0 atom stereocenters. The molecule has 1 N–H and O–H groups in total. The van der Waals surface area contributed by atoms with Gasteiger partial charge in [-0.15, -0.1) is 0 Å². The van der Waals surface area contributed by atoms with Crippen LogP contribution < -0.4 is 10.1 Å². The molecule has 0 amide bonds. The average molecular weight is 306 g/mol. The minimum atomic E-state index is 0.813. The maximum absolute atomic E-state index is 5.28. The van der Waals surface area contributed by atoms with Gasteiger partial charge in [0.2, 0.25) is 0 Å². The van der Waals surface area contributed by atoms with Crippen molar-refractivity contribution in [2.24, 2.45) is 0 Å². The van der Waals surface area contributed by atoms with Gasteiger partial charge in [0.15, 0.2) is 0 Å². The maximum atomic E-state index is 5.28. The van der Waals surface area contributed by atoms with Crippen molar-refractivity contribution in [3.05, 3.63) is 52.5 Å². The molecule has 0 aliphatic heterocycles. The van der Waals surface area contributed by atoms with Gasteiger partial charge in [-0.2, -0.15) is 0 Å². The van der Waals surface area contributed by atoms with Crippen LogP contribution in [0.25, 0.3) is 11.1 Å². The van der Waals surface area contributed by atoms with Crippen molar-refractivity contribution < 1.29 is 4.74 Å². The van der Waals surface area contributed by atoms with E-state index in [0.717, 1.165) is 16.8 Å². The molecule has 2 nitrogen and oxygen atoms in total. The molecular weight excluding hydrogens is 290 g/mol. The summed E-state index contributed by atoms with van der Waals surface area (Å²) in [4.78, 5) is 0. The molecule has 2 rings (SSSR count). The first-order valence-electron chi connectivity index (χ1n) is 5.82. The van der Waals surface area contributed by atoms with Gasteiger partial charge < -0.3 is 10.1 Å². The molecule has 3 heteroatoms. The Bertz CT molecular complexity index is 540. The summed E-state index contributed by atoms with van der Waals surface area (Å²) in [5, 5.41) is 3.19. The highest BCUT2D eigenvalue weighted by Gasteiger charge is 2.08. The van der Waals surface area contributed by atoms with Gasteiger partial charge in [0.25, 0.3) is 0 Å². The van der Waals surface area contributed by atoms with Crippen LogP contribution in [0.4, 0.5) is 0 Å². The van der Waals surface area contributed by atoms with Crippen molar-refractivity contribution in [3.63, 3.8) is 0 Å². The molecule has 94 valence electrons. The zero-order valence-electron chi connectivity index (χ0n) is 10.5. The fourth-order valence-electron chi connectivity index (χ4n) is 1.98. The molecule has 0 bridgehead atoms. The third-order valence-corrected chi connectivity index (χ3v) is 3.54. The summed E-state index contributed by atoms with van der Waals surface area (Å²) in [6.07, 6.45) is 0. The zero-order chi connectivity index (χ0) is 13.0. The fraction of sp³-hybridized carbons (Fsp3) is 0.200. The van der Waals surface area contributed by atoms with Gasteiger partial charge >= 0.3 is 0 Å². The maximum Gasteiger partial charge on any atom is 0.119 e. The number of hydrogen-bond acceptors (Lipinski definition) is 2. The number of halogens is 1. The monoisotopic (exact) mass is 305 g/mol. The minimum absolute atomic E-state index is 0.813. The quantitative estimate of drug-likeness (QED) is 0.926. The molecular formula is C15H16BrNO. The van der Waals surface area contributed by atoms with Gasteiger partial charge in [-0.25, -0.2) is 0 Å². The van der Waals surface area contributed by atoms with E-state index >= 15 is 0 Å². The normalized spacial score (nSPS) is 10.4. The number of benzene rings is 2. The SMILES string of the molecule is CNCc1cc(OC)ccc1-c1ccccc1Br. The molecule has 0 spiro atoms. The second-order valence-corrected chi connectivity index (χ2v) is 4.89. The van der Waals surface area contributed by atoms with E-state index in [2.05, 4.69) is 45.5 Å². The van der Waals surface area contributed by atoms with Crippen LogP contribution in [0.2, 0.25) is 0 Å². The van der Waals surface area contributed by atoms with Gasteiger partial charge in [-0.1, -0.05) is 40.2 Å². The lowest BCUT2D eigenvalue weighted by molar-refractivity contribution is 0.414.